The van der Waals surface area contributed by atoms with Gasteiger partial charge in [-0.2, -0.15) is 0 Å². The highest BCUT2D eigenvalue weighted by Gasteiger charge is 2.27. The molecule has 0 aliphatic carbocycles. The van der Waals surface area contributed by atoms with Gasteiger partial charge in [0.05, 0.1) is 5.92 Å². The molecule has 3 heterocycles. The highest BCUT2D eigenvalue weighted by atomic mass is 16.1. The van der Waals surface area contributed by atoms with Crippen LogP contribution in [-0.2, 0) is 4.79 Å². The summed E-state index contributed by atoms with van der Waals surface area (Å²) in [5, 5.41) is 12.1. The zero-order valence-corrected chi connectivity index (χ0v) is 20.1. The topological polar surface area (TPSA) is 75.9 Å². The molecule has 1 saturated heterocycles. The zero-order valence-electron chi connectivity index (χ0n) is 20.1. The van der Waals surface area contributed by atoms with Crippen LogP contribution < -0.4 is 10.2 Å². The molecule has 0 radical (unpaired) electrons. The molecule has 1 amide bonds. The maximum atomic E-state index is 13.0. The number of nitrogens with one attached hydrogen (secondary N) is 1. The van der Waals surface area contributed by atoms with Crippen molar-refractivity contribution in [1.29, 1.82) is 0 Å². The monoisotopic (exact) mass is 466 g/mol. The summed E-state index contributed by atoms with van der Waals surface area (Å²) in [6.45, 7) is 5.82. The molecule has 1 fully saturated rings. The van der Waals surface area contributed by atoms with Crippen molar-refractivity contribution >= 4 is 17.4 Å². The van der Waals surface area contributed by atoms with E-state index in [1.54, 1.807) is 6.20 Å². The van der Waals surface area contributed by atoms with E-state index < -0.39 is 0 Å². The van der Waals surface area contributed by atoms with Crippen LogP contribution in [0.2, 0.25) is 0 Å². The quantitative estimate of drug-likeness (QED) is 0.417. The van der Waals surface area contributed by atoms with Gasteiger partial charge in [-0.05, 0) is 48.6 Å². The first-order chi connectivity index (χ1) is 17.1. The van der Waals surface area contributed by atoms with Crippen LogP contribution in [0.25, 0.3) is 17.2 Å². The summed E-state index contributed by atoms with van der Waals surface area (Å²) in [6.07, 6.45) is 5.46. The number of rotatable bonds is 6. The van der Waals surface area contributed by atoms with Gasteiger partial charge in [0.25, 0.3) is 0 Å². The molecule has 2 aromatic heterocycles. The molecule has 1 aliphatic rings. The first-order valence-corrected chi connectivity index (χ1v) is 12.2. The van der Waals surface area contributed by atoms with E-state index in [0.29, 0.717) is 18.3 Å². The summed E-state index contributed by atoms with van der Waals surface area (Å²) in [7, 11) is 0. The third kappa shape index (κ3) is 5.09. The van der Waals surface area contributed by atoms with Crippen molar-refractivity contribution in [3.63, 3.8) is 0 Å². The number of aromatic nitrogens is 4. The van der Waals surface area contributed by atoms with Crippen LogP contribution in [0.15, 0.2) is 79.1 Å². The van der Waals surface area contributed by atoms with E-state index in [4.69, 9.17) is 0 Å². The van der Waals surface area contributed by atoms with Crippen molar-refractivity contribution < 1.29 is 4.79 Å². The maximum Gasteiger partial charge on any atom is 0.229 e. The Morgan fingerprint density at radius 1 is 0.971 bits per heavy atom. The van der Waals surface area contributed by atoms with Gasteiger partial charge in [0.1, 0.15) is 5.82 Å². The van der Waals surface area contributed by atoms with Crippen LogP contribution in [0, 0.1) is 5.92 Å². The third-order valence-electron chi connectivity index (χ3n) is 6.52. The first kappa shape index (κ1) is 22.8. The van der Waals surface area contributed by atoms with Crippen molar-refractivity contribution in [3.05, 3.63) is 84.7 Å². The van der Waals surface area contributed by atoms with Gasteiger partial charge < -0.3 is 10.2 Å². The number of hydrogen-bond donors (Lipinski definition) is 1. The molecule has 7 heteroatoms. The molecule has 35 heavy (non-hydrogen) atoms. The fourth-order valence-electron chi connectivity index (χ4n) is 4.50. The lowest BCUT2D eigenvalue weighted by molar-refractivity contribution is -0.120. The zero-order chi connectivity index (χ0) is 24.2. The number of imidazole rings is 1. The Morgan fingerprint density at radius 2 is 1.71 bits per heavy atom. The van der Waals surface area contributed by atoms with Gasteiger partial charge >= 0.3 is 0 Å². The molecular weight excluding hydrogens is 436 g/mol. The number of piperidine rings is 1. The van der Waals surface area contributed by atoms with Gasteiger partial charge in [-0.15, -0.1) is 10.2 Å². The fourth-order valence-corrected chi connectivity index (χ4v) is 4.50. The summed E-state index contributed by atoms with van der Waals surface area (Å²) in [4.78, 5) is 19.6. The van der Waals surface area contributed by atoms with Crippen LogP contribution in [0.3, 0.4) is 0 Å². The Bertz CT molecular complexity index is 1270. The number of carbonyl (C=O) groups excluding carboxylic acids is 1. The molecule has 1 atom stereocenters. The van der Waals surface area contributed by atoms with Gasteiger partial charge in [-0.25, -0.2) is 4.98 Å². The number of benzene rings is 2. The molecule has 2 aromatic carbocycles. The van der Waals surface area contributed by atoms with E-state index in [2.05, 4.69) is 51.4 Å². The summed E-state index contributed by atoms with van der Waals surface area (Å²) in [6, 6.07) is 22.1. The number of anilines is 2. The normalized spacial score (nSPS) is 15.9. The van der Waals surface area contributed by atoms with Gasteiger partial charge in [0.2, 0.25) is 5.91 Å². The number of amides is 1. The Hall–Kier alpha value is -4.00. The standard InChI is InChI=1S/C28H30N6O/c1-20(2)21-10-12-24(13-11-21)30-28(35)23-9-6-17-33(19-23)25-14-15-26(32-31-25)34-18-16-29-27(34)22-7-4-3-5-8-22/h3-5,7-8,10-16,18,20,23H,6,9,17,19H2,1-2H3,(H,30,35). The van der Waals surface area contributed by atoms with E-state index in [1.165, 1.54) is 5.56 Å². The molecule has 0 saturated carbocycles. The molecular formula is C28H30N6O. The molecule has 1 aliphatic heterocycles. The SMILES string of the molecule is CC(C)c1ccc(NC(=O)C2CCCN(c3ccc(-n4ccnc4-c4ccccc4)nn3)C2)cc1. The minimum atomic E-state index is -0.0895. The van der Waals surface area contributed by atoms with Crippen molar-refractivity contribution in [2.75, 3.05) is 23.3 Å². The molecule has 178 valence electrons. The molecule has 1 unspecified atom stereocenters. The average molecular weight is 467 g/mol. The van der Waals surface area contributed by atoms with Crippen molar-refractivity contribution in [2.45, 2.75) is 32.6 Å². The predicted octanol–water partition coefficient (Wildman–Crippen LogP) is 5.31. The Kier molecular flexibility index (Phi) is 6.57. The van der Waals surface area contributed by atoms with Crippen LogP contribution in [0.1, 0.15) is 38.2 Å². The van der Waals surface area contributed by atoms with Gasteiger partial charge in [0, 0.05) is 36.7 Å². The second kappa shape index (κ2) is 10.1. The molecule has 4 aromatic rings. The first-order valence-electron chi connectivity index (χ1n) is 12.2. The summed E-state index contributed by atoms with van der Waals surface area (Å²) >= 11 is 0. The third-order valence-corrected chi connectivity index (χ3v) is 6.52. The summed E-state index contributed by atoms with van der Waals surface area (Å²) in [5.41, 5.74) is 3.13. The minimum Gasteiger partial charge on any atom is -0.354 e. The van der Waals surface area contributed by atoms with E-state index >= 15 is 0 Å². The highest BCUT2D eigenvalue weighted by Crippen LogP contribution is 2.25. The van der Waals surface area contributed by atoms with Crippen molar-refractivity contribution in [1.82, 2.24) is 19.7 Å². The number of nitrogens with zero attached hydrogens (tertiary/aromatic N) is 5. The lowest BCUT2D eigenvalue weighted by Crippen LogP contribution is -2.41. The summed E-state index contributed by atoms with van der Waals surface area (Å²) in [5.74, 6) is 2.76. The van der Waals surface area contributed by atoms with Crippen LogP contribution in [0.4, 0.5) is 11.5 Å². The minimum absolute atomic E-state index is 0.0579. The van der Waals surface area contributed by atoms with Crippen LogP contribution >= 0.6 is 0 Å². The average Bonchev–Trinajstić information content (AvgIpc) is 3.40. The van der Waals surface area contributed by atoms with Gasteiger partial charge in [-0.3, -0.25) is 9.36 Å². The molecule has 5 rings (SSSR count). The molecule has 7 nitrogen and oxygen atoms in total. The molecule has 0 spiro atoms. The smallest absolute Gasteiger partial charge is 0.229 e. The van der Waals surface area contributed by atoms with Crippen LogP contribution in [0.5, 0.6) is 0 Å². The van der Waals surface area contributed by atoms with Gasteiger partial charge in [-0.1, -0.05) is 56.3 Å². The van der Waals surface area contributed by atoms with Gasteiger partial charge in [0.15, 0.2) is 11.6 Å². The largest absolute Gasteiger partial charge is 0.354 e. The van der Waals surface area contributed by atoms with E-state index in [1.807, 2.05) is 65.4 Å². The number of hydrogen-bond acceptors (Lipinski definition) is 5. The fraction of sp³-hybridized carbons (Fsp3) is 0.286. The Morgan fingerprint density at radius 3 is 2.43 bits per heavy atom. The van der Waals surface area contributed by atoms with E-state index in [9.17, 15) is 4.79 Å². The number of carbonyl (C=O) groups is 1. The van der Waals surface area contributed by atoms with Crippen molar-refractivity contribution in [3.8, 4) is 17.2 Å². The lowest BCUT2D eigenvalue weighted by Gasteiger charge is -2.32. The van der Waals surface area contributed by atoms with E-state index in [-0.39, 0.29) is 11.8 Å². The lowest BCUT2D eigenvalue weighted by atomic mass is 9.97. The maximum absolute atomic E-state index is 13.0. The van der Waals surface area contributed by atoms with Crippen molar-refractivity contribution in [2.24, 2.45) is 5.92 Å². The predicted molar refractivity (Wildman–Crippen MR) is 139 cm³/mol. The summed E-state index contributed by atoms with van der Waals surface area (Å²) < 4.78 is 1.93. The Labute approximate surface area is 205 Å². The van der Waals surface area contributed by atoms with Crippen LogP contribution in [-0.4, -0.2) is 38.7 Å². The highest BCUT2D eigenvalue weighted by molar-refractivity contribution is 5.93. The second-order valence-electron chi connectivity index (χ2n) is 9.29. The molecule has 0 bridgehead atoms. The molecule has 1 N–H and O–H groups in total. The Balaban J connectivity index is 1.26. The second-order valence-corrected chi connectivity index (χ2v) is 9.29. The van der Waals surface area contributed by atoms with E-state index in [0.717, 1.165) is 42.3 Å².